The fraction of sp³-hybridized carbons (Fsp3) is 0.267. The van der Waals surface area contributed by atoms with Gasteiger partial charge in [0.1, 0.15) is 10.8 Å². The van der Waals surface area contributed by atoms with Crippen LogP contribution in [0.15, 0.2) is 29.2 Å². The van der Waals surface area contributed by atoms with Gasteiger partial charge in [0.2, 0.25) is 5.91 Å². The van der Waals surface area contributed by atoms with Crippen LogP contribution in [-0.4, -0.2) is 40.6 Å². The minimum absolute atomic E-state index is 0.00725. The number of amides is 1. The summed E-state index contributed by atoms with van der Waals surface area (Å²) >= 11 is 12.0. The van der Waals surface area contributed by atoms with Crippen LogP contribution >= 0.6 is 23.2 Å². The lowest BCUT2D eigenvalue weighted by atomic mass is 10.2. The Kier molecular flexibility index (Phi) is 4.73. The van der Waals surface area contributed by atoms with Gasteiger partial charge in [-0.3, -0.25) is 9.59 Å². The number of H-pyrrole nitrogens is 1. The maximum atomic E-state index is 13.1. The molecule has 0 bridgehead atoms. The van der Waals surface area contributed by atoms with Gasteiger partial charge in [-0.1, -0.05) is 29.3 Å². The summed E-state index contributed by atoms with van der Waals surface area (Å²) in [6, 6.07) is 4.10. The van der Waals surface area contributed by atoms with Crippen molar-refractivity contribution in [2.45, 2.75) is 6.54 Å². The second kappa shape index (κ2) is 6.78. The van der Waals surface area contributed by atoms with Gasteiger partial charge in [-0.2, -0.15) is 5.10 Å². The van der Waals surface area contributed by atoms with Gasteiger partial charge in [-0.15, -0.1) is 0 Å². The quantitative estimate of drug-likeness (QED) is 0.897. The molecule has 0 spiro atoms. The van der Waals surface area contributed by atoms with Crippen molar-refractivity contribution in [1.82, 2.24) is 15.1 Å². The number of piperazine rings is 1. The molecule has 24 heavy (non-hydrogen) atoms. The van der Waals surface area contributed by atoms with E-state index in [2.05, 4.69) is 10.2 Å². The molecule has 0 unspecified atom stereocenters. The molecule has 1 N–H and O–H groups in total. The number of halogens is 3. The van der Waals surface area contributed by atoms with Gasteiger partial charge in [-0.05, 0) is 17.7 Å². The number of hydrogen-bond acceptors (Lipinski definition) is 4. The molecule has 2 heterocycles. The molecule has 0 saturated carbocycles. The number of aromatic nitrogens is 2. The largest absolute Gasteiger partial charge is 0.358 e. The first kappa shape index (κ1) is 16.7. The lowest BCUT2D eigenvalue weighted by Gasteiger charge is -2.35. The summed E-state index contributed by atoms with van der Waals surface area (Å²) < 4.78 is 13.1. The molecule has 0 radical (unpaired) electrons. The van der Waals surface area contributed by atoms with Crippen LogP contribution in [0.5, 0.6) is 0 Å². The van der Waals surface area contributed by atoms with Gasteiger partial charge >= 0.3 is 0 Å². The minimum Gasteiger partial charge on any atom is -0.358 e. The monoisotopic (exact) mass is 370 g/mol. The smallest absolute Gasteiger partial charge is 0.285 e. The summed E-state index contributed by atoms with van der Waals surface area (Å²) in [6.07, 6.45) is 1.42. The molecule has 2 aromatic rings. The summed E-state index contributed by atoms with van der Waals surface area (Å²) in [4.78, 5) is 27.2. The number of nitrogens with zero attached hydrogens (tertiary/aromatic N) is 3. The molecule has 1 aromatic heterocycles. The number of carbonyl (C=O) groups is 1. The molecule has 1 aliphatic rings. The number of aromatic amines is 1. The fourth-order valence-corrected chi connectivity index (χ4v) is 2.97. The highest BCUT2D eigenvalue weighted by atomic mass is 35.5. The van der Waals surface area contributed by atoms with Gasteiger partial charge in [-0.25, -0.2) is 9.49 Å². The second-order valence-electron chi connectivity index (χ2n) is 5.37. The van der Waals surface area contributed by atoms with E-state index in [1.807, 2.05) is 0 Å². The van der Waals surface area contributed by atoms with E-state index in [0.29, 0.717) is 30.9 Å². The molecule has 1 saturated heterocycles. The third kappa shape index (κ3) is 3.37. The topological polar surface area (TPSA) is 69.3 Å². The first-order valence-corrected chi connectivity index (χ1v) is 7.91. The Morgan fingerprint density at radius 1 is 1.25 bits per heavy atom. The lowest BCUT2D eigenvalue weighted by molar-refractivity contribution is -0.131. The molecule has 0 atom stereocenters. The van der Waals surface area contributed by atoms with E-state index in [9.17, 15) is 14.0 Å². The van der Waals surface area contributed by atoms with Crippen LogP contribution in [0, 0.1) is 5.82 Å². The first-order valence-electron chi connectivity index (χ1n) is 7.15. The summed E-state index contributed by atoms with van der Waals surface area (Å²) in [6.45, 7) is 1.29. The normalized spacial score (nSPS) is 15.0. The Balaban J connectivity index is 1.72. The molecule has 1 amide bonds. The molecule has 6 nitrogen and oxygen atoms in total. The Morgan fingerprint density at radius 2 is 2.04 bits per heavy atom. The zero-order valence-corrected chi connectivity index (χ0v) is 13.9. The highest BCUT2D eigenvalue weighted by Crippen LogP contribution is 2.24. The molecular formula is C15H13Cl2FN4O2. The van der Waals surface area contributed by atoms with Crippen molar-refractivity contribution in [2.75, 3.05) is 24.5 Å². The van der Waals surface area contributed by atoms with Crippen LogP contribution < -0.4 is 10.5 Å². The molecule has 0 aliphatic carbocycles. The molecular weight excluding hydrogens is 358 g/mol. The van der Waals surface area contributed by atoms with Crippen molar-refractivity contribution < 1.29 is 9.18 Å². The summed E-state index contributed by atoms with van der Waals surface area (Å²) in [5.74, 6) is -0.561. The Labute approximate surface area is 146 Å². The molecule has 1 fully saturated rings. The summed E-state index contributed by atoms with van der Waals surface area (Å²) in [5, 5.41) is 6.24. The van der Waals surface area contributed by atoms with Gasteiger partial charge in [0.15, 0.2) is 0 Å². The zero-order valence-electron chi connectivity index (χ0n) is 12.4. The summed E-state index contributed by atoms with van der Waals surface area (Å²) in [5.41, 5.74) is 0.603. The first-order chi connectivity index (χ1) is 11.5. The maximum Gasteiger partial charge on any atom is 0.285 e. The fourth-order valence-electron chi connectivity index (χ4n) is 2.53. The molecule has 126 valence electrons. The van der Waals surface area contributed by atoms with Crippen LogP contribution in [0.4, 0.5) is 10.1 Å². The van der Waals surface area contributed by atoms with Crippen molar-refractivity contribution in [2.24, 2.45) is 0 Å². The van der Waals surface area contributed by atoms with Crippen molar-refractivity contribution >= 4 is 34.8 Å². The van der Waals surface area contributed by atoms with Gasteiger partial charge in [0, 0.05) is 24.7 Å². The van der Waals surface area contributed by atoms with E-state index < -0.39 is 11.4 Å². The van der Waals surface area contributed by atoms with E-state index >= 15 is 0 Å². The van der Waals surface area contributed by atoms with Crippen molar-refractivity contribution in [3.8, 4) is 0 Å². The third-order valence-electron chi connectivity index (χ3n) is 3.81. The average molecular weight is 371 g/mol. The number of hydrogen-bond donors (Lipinski definition) is 1. The highest BCUT2D eigenvalue weighted by Gasteiger charge is 2.26. The van der Waals surface area contributed by atoms with E-state index in [-0.39, 0.29) is 22.5 Å². The maximum absolute atomic E-state index is 13.1. The van der Waals surface area contributed by atoms with Crippen molar-refractivity contribution in [3.63, 3.8) is 0 Å². The predicted molar refractivity (Wildman–Crippen MR) is 88.9 cm³/mol. The van der Waals surface area contributed by atoms with Crippen LogP contribution in [0.25, 0.3) is 0 Å². The van der Waals surface area contributed by atoms with Crippen LogP contribution in [0.2, 0.25) is 10.0 Å². The predicted octanol–water partition coefficient (Wildman–Crippen LogP) is 2.06. The number of carbonyl (C=O) groups excluding carboxylic acids is 1. The lowest BCUT2D eigenvalue weighted by Crippen LogP contribution is -2.50. The van der Waals surface area contributed by atoms with Crippen LogP contribution in [-0.2, 0) is 11.3 Å². The molecule has 3 rings (SSSR count). The number of nitrogens with one attached hydrogen (secondary N) is 1. The standard InChI is InChI=1S/C15H13Cl2FN4O2/c16-11-5-10(18)2-1-9(11)7-22-4-3-21(8-13(22)23)12-6-19-20-15(24)14(12)17/h1-2,5-6H,3-4,7-8H2,(H,20,24). The van der Waals surface area contributed by atoms with E-state index in [1.54, 1.807) is 15.9 Å². The number of benzene rings is 1. The van der Waals surface area contributed by atoms with Crippen LogP contribution in [0.3, 0.4) is 0 Å². The third-order valence-corrected chi connectivity index (χ3v) is 4.53. The second-order valence-corrected chi connectivity index (χ2v) is 6.16. The average Bonchev–Trinajstić information content (AvgIpc) is 2.54. The Hall–Kier alpha value is -2.12. The minimum atomic E-state index is -0.498. The SMILES string of the molecule is O=C1CN(c2cn[nH]c(=O)c2Cl)CCN1Cc1ccc(F)cc1Cl. The Morgan fingerprint density at radius 3 is 2.75 bits per heavy atom. The van der Waals surface area contributed by atoms with Gasteiger partial charge in [0.05, 0.1) is 18.4 Å². The highest BCUT2D eigenvalue weighted by molar-refractivity contribution is 6.33. The van der Waals surface area contributed by atoms with Gasteiger partial charge < -0.3 is 9.80 Å². The van der Waals surface area contributed by atoms with E-state index in [1.165, 1.54) is 18.3 Å². The molecule has 9 heteroatoms. The number of anilines is 1. The van der Waals surface area contributed by atoms with Crippen LogP contribution in [0.1, 0.15) is 5.56 Å². The molecule has 1 aliphatic heterocycles. The summed E-state index contributed by atoms with van der Waals surface area (Å²) in [7, 11) is 0. The Bertz CT molecular complexity index is 842. The molecule has 1 aromatic carbocycles. The van der Waals surface area contributed by atoms with Gasteiger partial charge in [0.25, 0.3) is 5.56 Å². The van der Waals surface area contributed by atoms with E-state index in [0.717, 1.165) is 0 Å². The zero-order chi connectivity index (χ0) is 17.3. The van der Waals surface area contributed by atoms with Crippen molar-refractivity contribution in [3.05, 3.63) is 56.2 Å². The van der Waals surface area contributed by atoms with Crippen molar-refractivity contribution in [1.29, 1.82) is 0 Å². The number of rotatable bonds is 3. The van der Waals surface area contributed by atoms with E-state index in [4.69, 9.17) is 23.2 Å².